The highest BCUT2D eigenvalue weighted by Gasteiger charge is 2.35. The van der Waals surface area contributed by atoms with E-state index in [9.17, 15) is 13.5 Å². The van der Waals surface area contributed by atoms with E-state index in [2.05, 4.69) is 4.98 Å². The van der Waals surface area contributed by atoms with Gasteiger partial charge in [0.15, 0.2) is 9.84 Å². The van der Waals surface area contributed by atoms with E-state index in [0.29, 0.717) is 18.4 Å². The Morgan fingerprint density at radius 2 is 2.10 bits per heavy atom. The summed E-state index contributed by atoms with van der Waals surface area (Å²) in [6, 6.07) is 7.37. The first-order valence-electron chi connectivity index (χ1n) is 6.82. The fourth-order valence-corrected chi connectivity index (χ4v) is 4.91. The van der Waals surface area contributed by atoms with Gasteiger partial charge in [0, 0.05) is 17.8 Å². The van der Waals surface area contributed by atoms with Crippen LogP contribution in [0.2, 0.25) is 0 Å². The molecule has 1 saturated heterocycles. The summed E-state index contributed by atoms with van der Waals surface area (Å²) in [6.07, 6.45) is 4.50. The largest absolute Gasteiger partial charge is 0.387 e. The number of aliphatic hydroxyl groups is 1. The van der Waals surface area contributed by atoms with Gasteiger partial charge in [-0.2, -0.15) is 0 Å². The summed E-state index contributed by atoms with van der Waals surface area (Å²) in [6.45, 7) is 0. The molecule has 2 aromatic rings. The minimum atomic E-state index is -3.21. The van der Waals surface area contributed by atoms with E-state index in [4.69, 9.17) is 0 Å². The summed E-state index contributed by atoms with van der Waals surface area (Å²) in [5.41, 5.74) is 0.681. The molecule has 4 nitrogen and oxygen atoms in total. The van der Waals surface area contributed by atoms with Gasteiger partial charge in [0.25, 0.3) is 0 Å². The van der Waals surface area contributed by atoms with Crippen LogP contribution in [0, 0.1) is 0 Å². The highest BCUT2D eigenvalue weighted by molar-refractivity contribution is 7.92. The molecule has 2 unspecified atom stereocenters. The lowest BCUT2D eigenvalue weighted by Gasteiger charge is -2.27. The van der Waals surface area contributed by atoms with E-state index in [0.717, 1.165) is 17.2 Å². The van der Waals surface area contributed by atoms with Gasteiger partial charge in [0.05, 0.1) is 17.1 Å². The van der Waals surface area contributed by atoms with Crippen molar-refractivity contribution >= 4 is 20.6 Å². The number of nitrogens with zero attached hydrogens (tertiary/aromatic N) is 1. The van der Waals surface area contributed by atoms with E-state index >= 15 is 0 Å². The lowest BCUT2D eigenvalue weighted by molar-refractivity contribution is 0.166. The standard InChI is InChI=1S/C15H17NO3S/c17-15(14-6-1-2-9-20(14,18)19)13-5-3-4-11-10-16-8-7-12(11)13/h3-5,7-8,10,14-15,17H,1-2,6,9H2. The Balaban J connectivity index is 2.06. The molecule has 106 valence electrons. The molecule has 2 atom stereocenters. The number of hydrogen-bond acceptors (Lipinski definition) is 4. The van der Waals surface area contributed by atoms with Crippen LogP contribution in [0.4, 0.5) is 0 Å². The third-order valence-corrected chi connectivity index (χ3v) is 6.29. The first kappa shape index (κ1) is 13.5. The Morgan fingerprint density at radius 3 is 2.90 bits per heavy atom. The molecule has 0 spiro atoms. The van der Waals surface area contributed by atoms with Crippen molar-refractivity contribution in [1.82, 2.24) is 4.98 Å². The minimum absolute atomic E-state index is 0.182. The molecular formula is C15H17NO3S. The molecule has 2 heterocycles. The number of aromatic nitrogens is 1. The van der Waals surface area contributed by atoms with Crippen molar-refractivity contribution in [1.29, 1.82) is 0 Å². The SMILES string of the molecule is O=S1(=O)CCCCC1C(O)c1cccc2cnccc12. The number of pyridine rings is 1. The lowest BCUT2D eigenvalue weighted by Crippen LogP contribution is -2.33. The number of hydrogen-bond donors (Lipinski definition) is 1. The van der Waals surface area contributed by atoms with Gasteiger partial charge in [-0.1, -0.05) is 24.6 Å². The Morgan fingerprint density at radius 1 is 1.25 bits per heavy atom. The van der Waals surface area contributed by atoms with Crippen molar-refractivity contribution in [2.45, 2.75) is 30.6 Å². The number of sulfone groups is 1. The van der Waals surface area contributed by atoms with Gasteiger partial charge >= 0.3 is 0 Å². The van der Waals surface area contributed by atoms with E-state index in [-0.39, 0.29) is 5.75 Å². The number of fused-ring (bicyclic) bond motifs is 1. The predicted molar refractivity (Wildman–Crippen MR) is 78.1 cm³/mol. The van der Waals surface area contributed by atoms with Crippen molar-refractivity contribution in [3.8, 4) is 0 Å². The van der Waals surface area contributed by atoms with Crippen LogP contribution in [0.15, 0.2) is 36.7 Å². The highest BCUT2D eigenvalue weighted by Crippen LogP contribution is 2.33. The van der Waals surface area contributed by atoms with Crippen LogP contribution in [0.1, 0.15) is 30.9 Å². The van der Waals surface area contributed by atoms with E-state index in [1.807, 2.05) is 18.2 Å². The molecule has 5 heteroatoms. The second-order valence-electron chi connectivity index (χ2n) is 5.29. The summed E-state index contributed by atoms with van der Waals surface area (Å²) < 4.78 is 24.3. The van der Waals surface area contributed by atoms with Gasteiger partial charge in [0.2, 0.25) is 0 Å². The van der Waals surface area contributed by atoms with Crippen LogP contribution in [-0.2, 0) is 9.84 Å². The molecular weight excluding hydrogens is 274 g/mol. The monoisotopic (exact) mass is 291 g/mol. The molecule has 1 N–H and O–H groups in total. The van der Waals surface area contributed by atoms with Gasteiger partial charge in [0.1, 0.15) is 0 Å². The fourth-order valence-electron chi connectivity index (χ4n) is 2.94. The van der Waals surface area contributed by atoms with Gasteiger partial charge in [-0.05, 0) is 29.9 Å². The molecule has 0 radical (unpaired) electrons. The zero-order valence-corrected chi connectivity index (χ0v) is 11.9. The number of aliphatic hydroxyl groups excluding tert-OH is 1. The van der Waals surface area contributed by atoms with Crippen LogP contribution in [0.3, 0.4) is 0 Å². The third kappa shape index (κ3) is 2.31. The topological polar surface area (TPSA) is 67.3 Å². The number of benzene rings is 1. The van der Waals surface area contributed by atoms with E-state index < -0.39 is 21.2 Å². The molecule has 20 heavy (non-hydrogen) atoms. The third-order valence-electron chi connectivity index (χ3n) is 4.01. The summed E-state index contributed by atoms with van der Waals surface area (Å²) in [7, 11) is -3.21. The maximum atomic E-state index is 12.2. The van der Waals surface area contributed by atoms with Crippen LogP contribution < -0.4 is 0 Å². The van der Waals surface area contributed by atoms with Gasteiger partial charge in [-0.3, -0.25) is 4.98 Å². The number of rotatable bonds is 2. The lowest BCUT2D eigenvalue weighted by atomic mass is 9.97. The van der Waals surface area contributed by atoms with Crippen LogP contribution in [0.5, 0.6) is 0 Å². The van der Waals surface area contributed by atoms with Crippen molar-refractivity contribution in [3.63, 3.8) is 0 Å². The second kappa shape index (κ2) is 5.14. The molecule has 0 saturated carbocycles. The van der Waals surface area contributed by atoms with Crippen LogP contribution in [0.25, 0.3) is 10.8 Å². The Kier molecular flexibility index (Phi) is 3.48. The fraction of sp³-hybridized carbons (Fsp3) is 0.400. The van der Waals surface area contributed by atoms with Crippen LogP contribution in [-0.4, -0.2) is 29.5 Å². The Labute approximate surface area is 118 Å². The molecule has 1 aromatic heterocycles. The van der Waals surface area contributed by atoms with Crippen molar-refractivity contribution in [3.05, 3.63) is 42.2 Å². The maximum absolute atomic E-state index is 12.2. The summed E-state index contributed by atoms with van der Waals surface area (Å²) in [5.74, 6) is 0.182. The maximum Gasteiger partial charge on any atom is 0.156 e. The molecule has 1 aromatic carbocycles. The van der Waals surface area contributed by atoms with Gasteiger partial charge in [-0.15, -0.1) is 0 Å². The van der Waals surface area contributed by atoms with Gasteiger partial charge in [-0.25, -0.2) is 8.42 Å². The van der Waals surface area contributed by atoms with Gasteiger partial charge < -0.3 is 5.11 Å². The Bertz CT molecular complexity index is 721. The molecule has 1 aliphatic heterocycles. The normalized spacial score (nSPS) is 23.6. The molecule has 0 amide bonds. The van der Waals surface area contributed by atoms with Crippen LogP contribution >= 0.6 is 0 Å². The average molecular weight is 291 g/mol. The van der Waals surface area contributed by atoms with Crippen molar-refractivity contribution in [2.75, 3.05) is 5.75 Å². The predicted octanol–water partition coefficient (Wildman–Crippen LogP) is 2.24. The molecule has 3 rings (SSSR count). The minimum Gasteiger partial charge on any atom is -0.387 e. The van der Waals surface area contributed by atoms with E-state index in [1.54, 1.807) is 18.5 Å². The zero-order chi connectivity index (χ0) is 14.2. The van der Waals surface area contributed by atoms with Crippen molar-refractivity contribution in [2.24, 2.45) is 0 Å². The highest BCUT2D eigenvalue weighted by atomic mass is 32.2. The second-order valence-corrected chi connectivity index (χ2v) is 7.63. The first-order chi connectivity index (χ1) is 9.59. The summed E-state index contributed by atoms with van der Waals surface area (Å²) in [5, 5.41) is 11.7. The smallest absolute Gasteiger partial charge is 0.156 e. The average Bonchev–Trinajstić information content (AvgIpc) is 2.45. The molecule has 0 bridgehead atoms. The Hall–Kier alpha value is -1.46. The van der Waals surface area contributed by atoms with E-state index in [1.165, 1.54) is 0 Å². The van der Waals surface area contributed by atoms with Crippen molar-refractivity contribution < 1.29 is 13.5 Å². The molecule has 0 aliphatic carbocycles. The quantitative estimate of drug-likeness (QED) is 0.921. The zero-order valence-electron chi connectivity index (χ0n) is 11.1. The summed E-state index contributed by atoms with van der Waals surface area (Å²) >= 11 is 0. The molecule has 1 fully saturated rings. The first-order valence-corrected chi connectivity index (χ1v) is 8.53. The molecule has 1 aliphatic rings. The summed E-state index contributed by atoms with van der Waals surface area (Å²) in [4.78, 5) is 4.05.